The lowest BCUT2D eigenvalue weighted by molar-refractivity contribution is 0.579. The number of anilines is 2. The van der Waals surface area contributed by atoms with Crippen LogP contribution in [0.25, 0.3) is 0 Å². The Bertz CT molecular complexity index is 607. The van der Waals surface area contributed by atoms with Gasteiger partial charge in [0.2, 0.25) is 0 Å². The molecule has 20 heavy (non-hydrogen) atoms. The van der Waals surface area contributed by atoms with Crippen molar-refractivity contribution in [1.29, 1.82) is 0 Å². The molecule has 3 heteroatoms. The Morgan fingerprint density at radius 1 is 1.25 bits per heavy atom. The molecular formula is C17H20ClNO. The predicted molar refractivity (Wildman–Crippen MR) is 84.1 cm³/mol. The lowest BCUT2D eigenvalue weighted by atomic mass is 9.84. The van der Waals surface area contributed by atoms with Crippen LogP contribution >= 0.6 is 11.6 Å². The SMILES string of the molecule is CC(C)(C)c1cc(C2CC2)c(Cl)cc1Nc1ccco1. The van der Waals surface area contributed by atoms with Crippen LogP contribution in [0.3, 0.4) is 0 Å². The maximum absolute atomic E-state index is 6.46. The number of hydrogen-bond acceptors (Lipinski definition) is 2. The topological polar surface area (TPSA) is 25.2 Å². The molecule has 106 valence electrons. The highest BCUT2D eigenvalue weighted by atomic mass is 35.5. The lowest BCUT2D eigenvalue weighted by Crippen LogP contribution is -2.14. The molecule has 1 fully saturated rings. The zero-order valence-electron chi connectivity index (χ0n) is 12.2. The van der Waals surface area contributed by atoms with E-state index in [1.54, 1.807) is 6.26 Å². The highest BCUT2D eigenvalue weighted by Gasteiger charge is 2.29. The second-order valence-corrected chi connectivity index (χ2v) is 6.95. The Balaban J connectivity index is 2.04. The fraction of sp³-hybridized carbons (Fsp3) is 0.412. The van der Waals surface area contributed by atoms with Crippen LogP contribution in [0.1, 0.15) is 50.7 Å². The summed E-state index contributed by atoms with van der Waals surface area (Å²) >= 11 is 6.46. The van der Waals surface area contributed by atoms with Crippen molar-refractivity contribution in [1.82, 2.24) is 0 Å². The fourth-order valence-electron chi connectivity index (χ4n) is 2.50. The summed E-state index contributed by atoms with van der Waals surface area (Å²) < 4.78 is 5.38. The molecule has 1 aliphatic carbocycles. The van der Waals surface area contributed by atoms with Crippen LogP contribution in [-0.2, 0) is 5.41 Å². The molecule has 0 saturated heterocycles. The fourth-order valence-corrected chi connectivity index (χ4v) is 2.82. The average Bonchev–Trinajstić information content (AvgIpc) is 3.06. The molecule has 0 unspecified atom stereocenters. The van der Waals surface area contributed by atoms with Crippen molar-refractivity contribution in [2.24, 2.45) is 0 Å². The van der Waals surface area contributed by atoms with Crippen LogP contribution in [0.15, 0.2) is 34.9 Å². The van der Waals surface area contributed by atoms with Crippen molar-refractivity contribution in [3.8, 4) is 0 Å². The van der Waals surface area contributed by atoms with Gasteiger partial charge in [-0.15, -0.1) is 0 Å². The molecule has 1 aromatic heterocycles. The van der Waals surface area contributed by atoms with E-state index in [0.29, 0.717) is 5.92 Å². The molecule has 1 aliphatic rings. The molecule has 1 N–H and O–H groups in total. The summed E-state index contributed by atoms with van der Waals surface area (Å²) in [6.45, 7) is 6.67. The van der Waals surface area contributed by atoms with Gasteiger partial charge in [-0.1, -0.05) is 38.4 Å². The first-order valence-corrected chi connectivity index (χ1v) is 7.47. The van der Waals surface area contributed by atoms with Gasteiger partial charge >= 0.3 is 0 Å². The number of rotatable bonds is 3. The van der Waals surface area contributed by atoms with Crippen molar-refractivity contribution in [2.45, 2.75) is 44.9 Å². The normalized spacial score (nSPS) is 15.4. The minimum absolute atomic E-state index is 0.0587. The summed E-state index contributed by atoms with van der Waals surface area (Å²) in [4.78, 5) is 0. The second kappa shape index (κ2) is 4.85. The van der Waals surface area contributed by atoms with E-state index in [-0.39, 0.29) is 5.41 Å². The maximum Gasteiger partial charge on any atom is 0.197 e. The van der Waals surface area contributed by atoms with Crippen molar-refractivity contribution >= 4 is 23.2 Å². The third-order valence-corrected chi connectivity index (χ3v) is 4.07. The monoisotopic (exact) mass is 289 g/mol. The maximum atomic E-state index is 6.46. The number of benzene rings is 1. The molecule has 1 aromatic carbocycles. The first-order chi connectivity index (χ1) is 9.45. The molecule has 2 aromatic rings. The Morgan fingerprint density at radius 3 is 2.55 bits per heavy atom. The second-order valence-electron chi connectivity index (χ2n) is 6.55. The van der Waals surface area contributed by atoms with Crippen LogP contribution in [-0.4, -0.2) is 0 Å². The third-order valence-electron chi connectivity index (χ3n) is 3.74. The van der Waals surface area contributed by atoms with Crippen molar-refractivity contribution < 1.29 is 4.42 Å². The van der Waals surface area contributed by atoms with Crippen LogP contribution in [0.2, 0.25) is 5.02 Å². The van der Waals surface area contributed by atoms with E-state index in [1.165, 1.54) is 24.0 Å². The number of furan rings is 1. The first-order valence-electron chi connectivity index (χ1n) is 7.09. The zero-order valence-corrected chi connectivity index (χ0v) is 12.9. The Kier molecular flexibility index (Phi) is 3.29. The molecule has 3 rings (SSSR count). The van der Waals surface area contributed by atoms with E-state index >= 15 is 0 Å². The third kappa shape index (κ3) is 2.71. The predicted octanol–water partition coefficient (Wildman–Crippen LogP) is 5.85. The van der Waals surface area contributed by atoms with Gasteiger partial charge < -0.3 is 9.73 Å². The summed E-state index contributed by atoms with van der Waals surface area (Å²) in [5.41, 5.74) is 3.66. The summed E-state index contributed by atoms with van der Waals surface area (Å²) in [5, 5.41) is 4.19. The van der Waals surface area contributed by atoms with Gasteiger partial charge in [-0.05, 0) is 47.4 Å². The molecule has 1 heterocycles. The molecule has 0 spiro atoms. The van der Waals surface area contributed by atoms with Gasteiger partial charge in [0.25, 0.3) is 0 Å². The molecule has 0 aliphatic heterocycles. The molecule has 0 bridgehead atoms. The summed E-state index contributed by atoms with van der Waals surface area (Å²) in [7, 11) is 0. The average molecular weight is 290 g/mol. The number of halogens is 1. The van der Waals surface area contributed by atoms with Crippen LogP contribution in [0.5, 0.6) is 0 Å². The van der Waals surface area contributed by atoms with E-state index in [2.05, 4.69) is 32.2 Å². The van der Waals surface area contributed by atoms with Gasteiger partial charge in [0.1, 0.15) is 0 Å². The quantitative estimate of drug-likeness (QED) is 0.766. The summed E-state index contributed by atoms with van der Waals surface area (Å²) in [6, 6.07) is 8.10. The summed E-state index contributed by atoms with van der Waals surface area (Å²) in [5.74, 6) is 1.40. The smallest absolute Gasteiger partial charge is 0.197 e. The minimum Gasteiger partial charge on any atom is -0.449 e. The molecule has 1 saturated carbocycles. The highest BCUT2D eigenvalue weighted by Crippen LogP contribution is 2.46. The van der Waals surface area contributed by atoms with Crippen molar-refractivity contribution in [2.75, 3.05) is 5.32 Å². The van der Waals surface area contributed by atoms with E-state index in [0.717, 1.165) is 16.6 Å². The van der Waals surface area contributed by atoms with Gasteiger partial charge in [-0.25, -0.2) is 0 Å². The molecular weight excluding hydrogens is 270 g/mol. The molecule has 0 atom stereocenters. The van der Waals surface area contributed by atoms with Gasteiger partial charge in [-0.2, -0.15) is 0 Å². The van der Waals surface area contributed by atoms with Gasteiger partial charge in [0, 0.05) is 16.8 Å². The van der Waals surface area contributed by atoms with Crippen LogP contribution < -0.4 is 5.32 Å². The molecule has 0 radical (unpaired) electrons. The van der Waals surface area contributed by atoms with E-state index < -0.39 is 0 Å². The Labute approximate surface area is 125 Å². The summed E-state index contributed by atoms with van der Waals surface area (Å²) in [6.07, 6.45) is 4.18. The highest BCUT2D eigenvalue weighted by molar-refractivity contribution is 6.31. The van der Waals surface area contributed by atoms with Crippen molar-refractivity contribution in [3.63, 3.8) is 0 Å². The first kappa shape index (κ1) is 13.6. The van der Waals surface area contributed by atoms with Crippen LogP contribution in [0, 0.1) is 0 Å². The van der Waals surface area contributed by atoms with Gasteiger partial charge in [0.05, 0.1) is 6.26 Å². The Hall–Kier alpha value is -1.41. The number of nitrogens with one attached hydrogen (secondary N) is 1. The molecule has 2 nitrogen and oxygen atoms in total. The van der Waals surface area contributed by atoms with Gasteiger partial charge in [-0.3, -0.25) is 0 Å². The number of hydrogen-bond donors (Lipinski definition) is 1. The standard InChI is InChI=1S/C17H20ClNO/c1-17(2,3)13-9-12(11-6-7-11)14(18)10-15(13)19-16-5-4-8-20-16/h4-5,8-11,19H,6-7H2,1-3H3. The van der Waals surface area contributed by atoms with Crippen molar-refractivity contribution in [3.05, 3.63) is 46.7 Å². The van der Waals surface area contributed by atoms with E-state index in [1.807, 2.05) is 18.2 Å². The van der Waals surface area contributed by atoms with Gasteiger partial charge in [0.15, 0.2) is 5.88 Å². The largest absolute Gasteiger partial charge is 0.449 e. The molecule has 0 amide bonds. The Morgan fingerprint density at radius 2 is 2.00 bits per heavy atom. The minimum atomic E-state index is 0.0587. The van der Waals surface area contributed by atoms with E-state index in [4.69, 9.17) is 16.0 Å². The lowest BCUT2D eigenvalue weighted by Gasteiger charge is -2.24. The van der Waals surface area contributed by atoms with E-state index in [9.17, 15) is 0 Å². The van der Waals surface area contributed by atoms with Crippen LogP contribution in [0.4, 0.5) is 11.6 Å². The zero-order chi connectivity index (χ0) is 14.3.